The predicted octanol–water partition coefficient (Wildman–Crippen LogP) is 3.19. The van der Waals surface area contributed by atoms with Crippen LogP contribution in [0, 0.1) is 5.92 Å². The summed E-state index contributed by atoms with van der Waals surface area (Å²) >= 11 is 0. The van der Waals surface area contributed by atoms with Crippen LogP contribution in [0.2, 0.25) is 0 Å². The van der Waals surface area contributed by atoms with Crippen molar-refractivity contribution in [3.05, 3.63) is 54.4 Å². The molecule has 1 amide bonds. The van der Waals surface area contributed by atoms with Gasteiger partial charge in [0, 0.05) is 12.7 Å². The third kappa shape index (κ3) is 5.05. The average Bonchev–Trinajstić information content (AvgIpc) is 3.46. The van der Waals surface area contributed by atoms with Gasteiger partial charge in [0.05, 0.1) is 17.4 Å². The lowest BCUT2D eigenvalue weighted by atomic mass is 10.1. The first-order valence-corrected chi connectivity index (χ1v) is 10.3. The van der Waals surface area contributed by atoms with E-state index in [9.17, 15) is 13.2 Å². The molecule has 1 aliphatic rings. The van der Waals surface area contributed by atoms with E-state index in [4.69, 9.17) is 0 Å². The second-order valence-electron chi connectivity index (χ2n) is 6.54. The maximum atomic E-state index is 12.7. The molecule has 1 heterocycles. The number of sulfonamides is 1. The van der Waals surface area contributed by atoms with Crippen LogP contribution in [0.5, 0.6) is 0 Å². The third-order valence-electron chi connectivity index (χ3n) is 4.36. The highest BCUT2D eigenvalue weighted by atomic mass is 32.2. The van der Waals surface area contributed by atoms with Crippen LogP contribution in [-0.2, 0) is 10.0 Å². The summed E-state index contributed by atoms with van der Waals surface area (Å²) in [5.74, 6) is 0.513. The lowest BCUT2D eigenvalue weighted by molar-refractivity contribution is 0.0949. The van der Waals surface area contributed by atoms with Crippen molar-refractivity contribution in [2.75, 3.05) is 11.3 Å². The third-order valence-corrected chi connectivity index (χ3v) is 5.80. The molecule has 6 nitrogen and oxygen atoms in total. The summed E-state index contributed by atoms with van der Waals surface area (Å²) in [5.41, 5.74) is 0.494. The van der Waals surface area contributed by atoms with E-state index >= 15 is 0 Å². The zero-order valence-corrected chi connectivity index (χ0v) is 15.3. The molecule has 0 aliphatic heterocycles. The monoisotopic (exact) mass is 373 g/mol. The molecule has 1 fully saturated rings. The zero-order chi connectivity index (χ0) is 18.4. The van der Waals surface area contributed by atoms with Crippen molar-refractivity contribution in [1.82, 2.24) is 10.3 Å². The van der Waals surface area contributed by atoms with Crippen LogP contribution in [0.25, 0.3) is 0 Å². The Morgan fingerprint density at radius 3 is 2.65 bits per heavy atom. The standard InChI is InChI=1S/C19H23N3O3S/c23-19(21-13-4-3-6-15-10-11-15)17-8-1-2-9-18(17)26(24,25)22-16-7-5-12-20-14-16/h1-2,5,7-9,12,14-15,22H,3-4,6,10-11,13H2,(H,21,23). The molecular formula is C19H23N3O3S. The first-order chi connectivity index (χ1) is 12.6. The topological polar surface area (TPSA) is 88.2 Å². The maximum absolute atomic E-state index is 12.7. The summed E-state index contributed by atoms with van der Waals surface area (Å²) in [5, 5.41) is 2.83. The number of carbonyl (C=O) groups excluding carboxylic acids is 1. The zero-order valence-electron chi connectivity index (χ0n) is 14.5. The molecule has 0 bridgehead atoms. The second kappa shape index (κ2) is 8.31. The number of anilines is 1. The molecule has 1 aromatic heterocycles. The number of benzene rings is 1. The number of aromatic nitrogens is 1. The summed E-state index contributed by atoms with van der Waals surface area (Å²) in [6.07, 6.45) is 8.86. The average molecular weight is 373 g/mol. The van der Waals surface area contributed by atoms with Gasteiger partial charge in [0.25, 0.3) is 15.9 Å². The number of carbonyl (C=O) groups is 1. The summed E-state index contributed by atoms with van der Waals surface area (Å²) in [6, 6.07) is 9.46. The van der Waals surface area contributed by atoms with Gasteiger partial charge in [0.1, 0.15) is 4.90 Å². The van der Waals surface area contributed by atoms with Crippen LogP contribution in [0.1, 0.15) is 42.5 Å². The molecule has 138 valence electrons. The number of rotatable bonds is 9. The lowest BCUT2D eigenvalue weighted by Crippen LogP contribution is -2.27. The SMILES string of the molecule is O=C(NCCCCC1CC1)c1ccccc1S(=O)(=O)Nc1cccnc1. The number of hydrogen-bond acceptors (Lipinski definition) is 4. The molecule has 7 heteroatoms. The molecule has 1 saturated carbocycles. The minimum Gasteiger partial charge on any atom is -0.352 e. The molecular weight excluding hydrogens is 350 g/mol. The van der Waals surface area contributed by atoms with Crippen molar-refractivity contribution in [3.8, 4) is 0 Å². The fourth-order valence-corrected chi connectivity index (χ4v) is 4.03. The van der Waals surface area contributed by atoms with Gasteiger partial charge >= 0.3 is 0 Å². The molecule has 3 rings (SSSR count). The number of nitrogens with zero attached hydrogens (tertiary/aromatic N) is 1. The van der Waals surface area contributed by atoms with E-state index < -0.39 is 10.0 Å². The fraction of sp³-hybridized carbons (Fsp3) is 0.368. The highest BCUT2D eigenvalue weighted by molar-refractivity contribution is 7.92. The first-order valence-electron chi connectivity index (χ1n) is 8.86. The molecule has 1 aliphatic carbocycles. The van der Waals surface area contributed by atoms with E-state index in [1.165, 1.54) is 37.6 Å². The van der Waals surface area contributed by atoms with Gasteiger partial charge in [-0.1, -0.05) is 37.8 Å². The van der Waals surface area contributed by atoms with E-state index in [2.05, 4.69) is 15.0 Å². The van der Waals surface area contributed by atoms with Gasteiger partial charge in [-0.2, -0.15) is 0 Å². The van der Waals surface area contributed by atoms with Crippen LogP contribution in [0.15, 0.2) is 53.7 Å². The smallest absolute Gasteiger partial charge is 0.262 e. The Morgan fingerprint density at radius 2 is 1.92 bits per heavy atom. The molecule has 26 heavy (non-hydrogen) atoms. The van der Waals surface area contributed by atoms with Crippen molar-refractivity contribution in [2.24, 2.45) is 5.92 Å². The fourth-order valence-electron chi connectivity index (χ4n) is 2.78. The summed E-state index contributed by atoms with van der Waals surface area (Å²) < 4.78 is 27.8. The Kier molecular flexibility index (Phi) is 5.88. The molecule has 0 spiro atoms. The Bertz CT molecular complexity index is 849. The van der Waals surface area contributed by atoms with E-state index in [0.717, 1.165) is 18.8 Å². The number of pyridine rings is 1. The van der Waals surface area contributed by atoms with Crippen molar-refractivity contribution < 1.29 is 13.2 Å². The van der Waals surface area contributed by atoms with Gasteiger partial charge in [-0.15, -0.1) is 0 Å². The number of hydrogen-bond donors (Lipinski definition) is 2. The number of unbranched alkanes of at least 4 members (excludes halogenated alkanes) is 1. The maximum Gasteiger partial charge on any atom is 0.262 e. The van der Waals surface area contributed by atoms with Crippen molar-refractivity contribution >= 4 is 21.6 Å². The normalized spacial score (nSPS) is 14.0. The minimum atomic E-state index is -3.88. The van der Waals surface area contributed by atoms with E-state index in [1.54, 1.807) is 30.5 Å². The Hall–Kier alpha value is -2.41. The summed E-state index contributed by atoms with van der Waals surface area (Å²) in [7, 11) is -3.88. The van der Waals surface area contributed by atoms with Crippen LogP contribution in [0.3, 0.4) is 0 Å². The Balaban J connectivity index is 1.65. The van der Waals surface area contributed by atoms with E-state index in [-0.39, 0.29) is 16.4 Å². The molecule has 2 N–H and O–H groups in total. The van der Waals surface area contributed by atoms with Gasteiger partial charge in [-0.25, -0.2) is 8.42 Å². The lowest BCUT2D eigenvalue weighted by Gasteiger charge is -2.12. The Labute approximate surface area is 154 Å². The second-order valence-corrected chi connectivity index (χ2v) is 8.19. The van der Waals surface area contributed by atoms with Crippen LogP contribution in [-0.4, -0.2) is 25.9 Å². The number of nitrogens with one attached hydrogen (secondary N) is 2. The molecule has 0 atom stereocenters. The minimum absolute atomic E-state index is 0.0423. The van der Waals surface area contributed by atoms with Crippen molar-refractivity contribution in [3.63, 3.8) is 0 Å². The van der Waals surface area contributed by atoms with Gasteiger partial charge in [-0.05, 0) is 36.6 Å². The van der Waals surface area contributed by atoms with E-state index in [1.807, 2.05) is 0 Å². The molecule has 0 radical (unpaired) electrons. The quantitative estimate of drug-likeness (QED) is 0.661. The molecule has 0 unspecified atom stereocenters. The predicted molar refractivity (Wildman–Crippen MR) is 100 cm³/mol. The highest BCUT2D eigenvalue weighted by Crippen LogP contribution is 2.33. The largest absolute Gasteiger partial charge is 0.352 e. The van der Waals surface area contributed by atoms with Crippen molar-refractivity contribution in [1.29, 1.82) is 0 Å². The van der Waals surface area contributed by atoms with E-state index in [0.29, 0.717) is 12.2 Å². The van der Waals surface area contributed by atoms with Gasteiger partial charge in [0.2, 0.25) is 0 Å². The molecule has 2 aromatic rings. The van der Waals surface area contributed by atoms with Crippen LogP contribution in [0.4, 0.5) is 5.69 Å². The van der Waals surface area contributed by atoms with Crippen LogP contribution >= 0.6 is 0 Å². The van der Waals surface area contributed by atoms with Gasteiger partial charge in [0.15, 0.2) is 0 Å². The summed E-state index contributed by atoms with van der Waals surface area (Å²) in [4.78, 5) is 16.3. The van der Waals surface area contributed by atoms with Crippen LogP contribution < -0.4 is 10.0 Å². The number of amides is 1. The molecule has 1 aromatic carbocycles. The van der Waals surface area contributed by atoms with Gasteiger partial charge < -0.3 is 5.32 Å². The Morgan fingerprint density at radius 1 is 1.12 bits per heavy atom. The highest BCUT2D eigenvalue weighted by Gasteiger charge is 2.22. The molecule has 0 saturated heterocycles. The summed E-state index contributed by atoms with van der Waals surface area (Å²) in [6.45, 7) is 0.552. The van der Waals surface area contributed by atoms with Crippen molar-refractivity contribution in [2.45, 2.75) is 37.0 Å². The van der Waals surface area contributed by atoms with Gasteiger partial charge in [-0.3, -0.25) is 14.5 Å². The first kappa shape index (κ1) is 18.4.